The van der Waals surface area contributed by atoms with Crippen LogP contribution in [0.4, 0.5) is 0 Å². The molecule has 1 atom stereocenters. The van der Waals surface area contributed by atoms with E-state index in [1.807, 2.05) is 0 Å². The maximum atomic E-state index is 10.3. The van der Waals surface area contributed by atoms with E-state index in [9.17, 15) is 8.42 Å². The van der Waals surface area contributed by atoms with E-state index in [2.05, 4.69) is 0 Å². The first kappa shape index (κ1) is 9.83. The van der Waals surface area contributed by atoms with Gasteiger partial charge < -0.3 is 10.8 Å². The molecule has 0 fully saturated rings. The molecule has 0 aromatic heterocycles. The van der Waals surface area contributed by atoms with Gasteiger partial charge in [-0.1, -0.05) is 0 Å². The van der Waals surface area contributed by atoms with Gasteiger partial charge in [-0.3, -0.25) is 4.55 Å². The summed E-state index contributed by atoms with van der Waals surface area (Å²) in [4.78, 5) is 0. The van der Waals surface area contributed by atoms with Crippen LogP contribution in [0.2, 0.25) is 0 Å². The van der Waals surface area contributed by atoms with Crippen molar-refractivity contribution in [2.75, 3.05) is 13.2 Å². The number of aliphatic hydroxyl groups is 1. The molecule has 0 saturated heterocycles. The molecular weight excluding hydrogens is 158 g/mol. The minimum atomic E-state index is -4.11. The van der Waals surface area contributed by atoms with E-state index < -0.39 is 22.0 Å². The van der Waals surface area contributed by atoms with Crippen LogP contribution in [0.1, 0.15) is 6.42 Å². The lowest BCUT2D eigenvalue weighted by molar-refractivity contribution is 0.279. The van der Waals surface area contributed by atoms with Gasteiger partial charge in [-0.15, -0.1) is 0 Å². The van der Waals surface area contributed by atoms with E-state index in [4.69, 9.17) is 15.4 Å². The van der Waals surface area contributed by atoms with E-state index in [-0.39, 0.29) is 13.0 Å². The predicted molar refractivity (Wildman–Crippen MR) is 36.1 cm³/mol. The van der Waals surface area contributed by atoms with Gasteiger partial charge in [0.1, 0.15) is 5.25 Å². The van der Waals surface area contributed by atoms with Crippen LogP contribution in [0.3, 0.4) is 0 Å². The minimum Gasteiger partial charge on any atom is -0.395 e. The summed E-state index contributed by atoms with van der Waals surface area (Å²) >= 11 is 0. The highest BCUT2D eigenvalue weighted by Gasteiger charge is 2.20. The average molecular weight is 169 g/mol. The topological polar surface area (TPSA) is 101 Å². The molecule has 0 aromatic rings. The largest absolute Gasteiger partial charge is 0.395 e. The molecule has 0 aliphatic carbocycles. The Morgan fingerprint density at radius 3 is 2.10 bits per heavy atom. The van der Waals surface area contributed by atoms with Crippen molar-refractivity contribution >= 4 is 10.1 Å². The number of nitrogens with two attached hydrogens (primary N) is 1. The van der Waals surface area contributed by atoms with E-state index in [0.29, 0.717) is 0 Å². The summed E-state index contributed by atoms with van der Waals surface area (Å²) in [5.41, 5.74) is 5.02. The van der Waals surface area contributed by atoms with Gasteiger partial charge in [0.25, 0.3) is 10.1 Å². The molecule has 0 amide bonds. The molecule has 5 nitrogen and oxygen atoms in total. The van der Waals surface area contributed by atoms with Crippen molar-refractivity contribution in [1.82, 2.24) is 0 Å². The molecule has 0 spiro atoms. The highest BCUT2D eigenvalue weighted by atomic mass is 32.2. The van der Waals surface area contributed by atoms with Gasteiger partial charge >= 0.3 is 0 Å². The second-order valence-electron chi connectivity index (χ2n) is 1.90. The maximum absolute atomic E-state index is 10.3. The molecule has 62 valence electrons. The zero-order valence-corrected chi connectivity index (χ0v) is 6.21. The van der Waals surface area contributed by atoms with Crippen molar-refractivity contribution in [2.45, 2.75) is 11.7 Å². The summed E-state index contributed by atoms with van der Waals surface area (Å²) in [6, 6.07) is 0. The first-order valence-corrected chi connectivity index (χ1v) is 4.30. The second kappa shape index (κ2) is 3.87. The van der Waals surface area contributed by atoms with Crippen molar-refractivity contribution in [3.63, 3.8) is 0 Å². The van der Waals surface area contributed by atoms with Crippen LogP contribution in [-0.4, -0.2) is 36.5 Å². The van der Waals surface area contributed by atoms with Crippen LogP contribution in [0.5, 0.6) is 0 Å². The quantitative estimate of drug-likeness (QED) is 0.448. The molecular formula is C4H11NO4S. The Bertz CT molecular complexity index is 176. The van der Waals surface area contributed by atoms with Gasteiger partial charge in [0.2, 0.25) is 0 Å². The summed E-state index contributed by atoms with van der Waals surface area (Å²) < 4.78 is 29.0. The van der Waals surface area contributed by atoms with Crippen LogP contribution >= 0.6 is 0 Å². The van der Waals surface area contributed by atoms with Gasteiger partial charge in [0, 0.05) is 0 Å². The Morgan fingerprint density at radius 2 is 2.00 bits per heavy atom. The van der Waals surface area contributed by atoms with Crippen molar-refractivity contribution in [2.24, 2.45) is 5.73 Å². The predicted octanol–water partition coefficient (Wildman–Crippen LogP) is -1.42. The summed E-state index contributed by atoms with van der Waals surface area (Å²) in [7, 11) is -4.11. The van der Waals surface area contributed by atoms with Crippen LogP contribution in [0.15, 0.2) is 0 Å². The Balaban J connectivity index is 4.08. The Labute approximate surface area is 59.6 Å². The first-order chi connectivity index (χ1) is 4.52. The smallest absolute Gasteiger partial charge is 0.270 e. The molecule has 0 heterocycles. The van der Waals surface area contributed by atoms with Crippen molar-refractivity contribution in [3.05, 3.63) is 0 Å². The van der Waals surface area contributed by atoms with E-state index in [0.717, 1.165) is 0 Å². The van der Waals surface area contributed by atoms with Crippen molar-refractivity contribution < 1.29 is 18.1 Å². The van der Waals surface area contributed by atoms with Gasteiger partial charge in [0.15, 0.2) is 0 Å². The highest BCUT2D eigenvalue weighted by molar-refractivity contribution is 7.86. The molecule has 6 heteroatoms. The maximum Gasteiger partial charge on any atom is 0.270 e. The third kappa shape index (κ3) is 3.11. The van der Waals surface area contributed by atoms with E-state index >= 15 is 0 Å². The highest BCUT2D eigenvalue weighted by Crippen LogP contribution is 2.00. The monoisotopic (exact) mass is 169 g/mol. The summed E-state index contributed by atoms with van der Waals surface area (Å²) in [5, 5.41) is 7.27. The van der Waals surface area contributed by atoms with Crippen LogP contribution < -0.4 is 5.73 Å². The number of hydrogen-bond donors (Lipinski definition) is 3. The van der Waals surface area contributed by atoms with Crippen molar-refractivity contribution in [3.8, 4) is 0 Å². The molecule has 10 heavy (non-hydrogen) atoms. The molecule has 1 unspecified atom stereocenters. The molecule has 0 saturated carbocycles. The molecule has 0 aliphatic heterocycles. The van der Waals surface area contributed by atoms with Gasteiger partial charge in [-0.25, -0.2) is 0 Å². The first-order valence-electron chi connectivity index (χ1n) is 2.79. The summed E-state index contributed by atoms with van der Waals surface area (Å²) in [6.45, 7) is -0.457. The fourth-order valence-electron chi connectivity index (χ4n) is 0.520. The Hall–Kier alpha value is -0.170. The standard InChI is InChI=1S/C4H11NO4S/c5-2-1-4(3-6)10(7,8)9/h4,6H,1-3,5H2,(H,7,8,9). The zero-order chi connectivity index (χ0) is 8.20. The molecule has 0 rings (SSSR count). The fourth-order valence-corrected chi connectivity index (χ4v) is 1.14. The molecule has 0 aliphatic rings. The molecule has 0 bridgehead atoms. The third-order valence-corrected chi connectivity index (χ3v) is 2.34. The summed E-state index contributed by atoms with van der Waals surface area (Å²) in [6.07, 6.45) is 0.0787. The molecule has 0 aromatic carbocycles. The lowest BCUT2D eigenvalue weighted by Crippen LogP contribution is -2.27. The second-order valence-corrected chi connectivity index (χ2v) is 3.59. The SMILES string of the molecule is NCCC(CO)S(=O)(=O)O. The number of hydrogen-bond acceptors (Lipinski definition) is 4. The number of aliphatic hydroxyl groups excluding tert-OH is 1. The van der Waals surface area contributed by atoms with Crippen molar-refractivity contribution in [1.29, 1.82) is 0 Å². The van der Waals surface area contributed by atoms with E-state index in [1.54, 1.807) is 0 Å². The normalized spacial score (nSPS) is 15.1. The Morgan fingerprint density at radius 1 is 1.50 bits per heavy atom. The fraction of sp³-hybridized carbons (Fsp3) is 1.00. The van der Waals surface area contributed by atoms with Crippen LogP contribution in [-0.2, 0) is 10.1 Å². The zero-order valence-electron chi connectivity index (χ0n) is 5.40. The summed E-state index contributed by atoms with van der Waals surface area (Å²) in [5.74, 6) is 0. The molecule has 0 radical (unpaired) electrons. The van der Waals surface area contributed by atoms with Gasteiger partial charge in [-0.2, -0.15) is 8.42 Å². The average Bonchev–Trinajstić information content (AvgIpc) is 1.80. The Kier molecular flexibility index (Phi) is 3.80. The number of rotatable bonds is 4. The molecule has 4 N–H and O–H groups in total. The van der Waals surface area contributed by atoms with E-state index in [1.165, 1.54) is 0 Å². The van der Waals surface area contributed by atoms with Crippen LogP contribution in [0.25, 0.3) is 0 Å². The lowest BCUT2D eigenvalue weighted by atomic mass is 10.3. The van der Waals surface area contributed by atoms with Gasteiger partial charge in [-0.05, 0) is 13.0 Å². The van der Waals surface area contributed by atoms with Gasteiger partial charge in [0.05, 0.1) is 6.61 Å². The third-order valence-electron chi connectivity index (χ3n) is 1.11. The lowest BCUT2D eigenvalue weighted by Gasteiger charge is -2.07. The minimum absolute atomic E-state index is 0.0787. The van der Waals surface area contributed by atoms with Crippen LogP contribution in [0, 0.1) is 0 Å².